The maximum absolute atomic E-state index is 11.6. The Balaban J connectivity index is 2.37. The Kier molecular flexibility index (Phi) is 10.9. The van der Waals surface area contributed by atoms with E-state index in [0.29, 0.717) is 6.42 Å². The van der Waals surface area contributed by atoms with Crippen LogP contribution in [0.15, 0.2) is 0 Å². The largest absolute Gasteiger partial charge is 0.481 e. The molecular weight excluding hydrogens is 328 g/mol. The molecule has 1 aliphatic carbocycles. The lowest BCUT2D eigenvalue weighted by atomic mass is 9.74. The van der Waals surface area contributed by atoms with Gasteiger partial charge in [0.05, 0.1) is 5.92 Å². The van der Waals surface area contributed by atoms with Crippen LogP contribution in [0.3, 0.4) is 0 Å². The summed E-state index contributed by atoms with van der Waals surface area (Å²) in [6.07, 6.45) is 16.3. The summed E-state index contributed by atoms with van der Waals surface area (Å²) in [7, 11) is 0. The standard InChI is InChI=1S/C22H40O4/c1-3-4-5-6-7-8-9-10-13-19(18(2)21(25)26)22(16-17-22)15-12-11-14-20(23)24/h18-19H,3-17H2,1-2H3,(H,23,24)(H,25,26). The van der Waals surface area contributed by atoms with Crippen molar-refractivity contribution in [1.82, 2.24) is 0 Å². The molecule has 2 N–H and O–H groups in total. The number of rotatable bonds is 17. The lowest BCUT2D eigenvalue weighted by Crippen LogP contribution is -2.29. The van der Waals surface area contributed by atoms with Crippen molar-refractivity contribution in [2.24, 2.45) is 17.3 Å². The summed E-state index contributed by atoms with van der Waals surface area (Å²) in [6, 6.07) is 0. The molecule has 1 saturated carbocycles. The third-order valence-electron chi connectivity index (χ3n) is 6.36. The molecule has 0 radical (unpaired) electrons. The van der Waals surface area contributed by atoms with E-state index in [2.05, 4.69) is 6.92 Å². The molecule has 0 aromatic rings. The highest BCUT2D eigenvalue weighted by Crippen LogP contribution is 2.59. The summed E-state index contributed by atoms with van der Waals surface area (Å²) in [6.45, 7) is 4.11. The zero-order chi connectivity index (χ0) is 19.4. The summed E-state index contributed by atoms with van der Waals surface area (Å²) in [5, 5.41) is 18.3. The number of unbranched alkanes of at least 4 members (excludes halogenated alkanes) is 8. The molecule has 2 unspecified atom stereocenters. The first kappa shape index (κ1) is 23.0. The molecule has 0 saturated heterocycles. The highest BCUT2D eigenvalue weighted by molar-refractivity contribution is 5.70. The fourth-order valence-electron chi connectivity index (χ4n) is 4.48. The Hall–Kier alpha value is -1.06. The molecule has 0 heterocycles. The predicted molar refractivity (Wildman–Crippen MR) is 105 cm³/mol. The number of hydrogen-bond acceptors (Lipinski definition) is 2. The first-order chi connectivity index (χ1) is 12.4. The van der Waals surface area contributed by atoms with Crippen LogP contribution in [-0.2, 0) is 9.59 Å². The fraction of sp³-hybridized carbons (Fsp3) is 0.909. The average Bonchev–Trinajstić information content (AvgIpc) is 3.37. The Morgan fingerprint density at radius 1 is 0.885 bits per heavy atom. The molecular formula is C22H40O4. The van der Waals surface area contributed by atoms with Gasteiger partial charge in [0.1, 0.15) is 0 Å². The van der Waals surface area contributed by atoms with Crippen LogP contribution in [0.5, 0.6) is 0 Å². The van der Waals surface area contributed by atoms with E-state index in [4.69, 9.17) is 5.11 Å². The molecule has 26 heavy (non-hydrogen) atoms. The van der Waals surface area contributed by atoms with E-state index < -0.39 is 11.9 Å². The quantitative estimate of drug-likeness (QED) is 0.296. The molecule has 1 fully saturated rings. The second-order valence-electron chi connectivity index (χ2n) is 8.46. The van der Waals surface area contributed by atoms with E-state index >= 15 is 0 Å². The zero-order valence-electron chi connectivity index (χ0n) is 17.0. The van der Waals surface area contributed by atoms with Crippen LogP contribution in [0.1, 0.15) is 110 Å². The SMILES string of the molecule is CCCCCCCCCCC(C(C)C(=O)O)C1(CCCCC(=O)O)CC1. The van der Waals surface area contributed by atoms with Gasteiger partial charge in [0.25, 0.3) is 0 Å². The van der Waals surface area contributed by atoms with Crippen molar-refractivity contribution in [3.63, 3.8) is 0 Å². The van der Waals surface area contributed by atoms with Gasteiger partial charge < -0.3 is 10.2 Å². The van der Waals surface area contributed by atoms with Gasteiger partial charge in [-0.15, -0.1) is 0 Å². The van der Waals surface area contributed by atoms with Crippen molar-refractivity contribution in [2.75, 3.05) is 0 Å². The number of carboxylic acids is 2. The minimum Gasteiger partial charge on any atom is -0.481 e. The van der Waals surface area contributed by atoms with Gasteiger partial charge in [-0.2, -0.15) is 0 Å². The summed E-state index contributed by atoms with van der Waals surface area (Å²) < 4.78 is 0. The van der Waals surface area contributed by atoms with Crippen LogP contribution in [0, 0.1) is 17.3 Å². The Morgan fingerprint density at radius 3 is 1.96 bits per heavy atom. The van der Waals surface area contributed by atoms with Crippen molar-refractivity contribution in [2.45, 2.75) is 110 Å². The van der Waals surface area contributed by atoms with Crippen molar-refractivity contribution in [1.29, 1.82) is 0 Å². The molecule has 1 rings (SSSR count). The first-order valence-corrected chi connectivity index (χ1v) is 10.9. The fourth-order valence-corrected chi connectivity index (χ4v) is 4.48. The molecule has 0 spiro atoms. The van der Waals surface area contributed by atoms with Gasteiger partial charge in [-0.05, 0) is 43.4 Å². The summed E-state index contributed by atoms with van der Waals surface area (Å²) in [5.41, 5.74) is 0.178. The van der Waals surface area contributed by atoms with Crippen molar-refractivity contribution < 1.29 is 19.8 Å². The van der Waals surface area contributed by atoms with Crippen LogP contribution in [0.2, 0.25) is 0 Å². The van der Waals surface area contributed by atoms with E-state index in [-0.39, 0.29) is 23.7 Å². The van der Waals surface area contributed by atoms with Crippen molar-refractivity contribution >= 4 is 11.9 Å². The van der Waals surface area contributed by atoms with E-state index in [0.717, 1.165) is 38.5 Å². The smallest absolute Gasteiger partial charge is 0.306 e. The molecule has 0 amide bonds. The van der Waals surface area contributed by atoms with Gasteiger partial charge in [-0.25, -0.2) is 0 Å². The van der Waals surface area contributed by atoms with E-state index in [9.17, 15) is 14.7 Å². The molecule has 1 aliphatic rings. The van der Waals surface area contributed by atoms with Gasteiger partial charge in [0.15, 0.2) is 0 Å². The van der Waals surface area contributed by atoms with Crippen LogP contribution < -0.4 is 0 Å². The summed E-state index contributed by atoms with van der Waals surface area (Å²) >= 11 is 0. The first-order valence-electron chi connectivity index (χ1n) is 10.9. The number of carboxylic acid groups (broad SMARTS) is 2. The molecule has 4 nitrogen and oxygen atoms in total. The Labute approximate surface area is 159 Å². The minimum absolute atomic E-state index is 0.178. The van der Waals surface area contributed by atoms with Crippen LogP contribution in [-0.4, -0.2) is 22.2 Å². The van der Waals surface area contributed by atoms with Crippen LogP contribution >= 0.6 is 0 Å². The number of aliphatic carboxylic acids is 2. The van der Waals surface area contributed by atoms with Crippen LogP contribution in [0.25, 0.3) is 0 Å². The zero-order valence-corrected chi connectivity index (χ0v) is 17.0. The Bertz CT molecular complexity index is 414. The minimum atomic E-state index is -0.732. The predicted octanol–water partition coefficient (Wildman–Crippen LogP) is 6.28. The molecule has 0 aliphatic heterocycles. The third-order valence-corrected chi connectivity index (χ3v) is 6.36. The summed E-state index contributed by atoms with van der Waals surface area (Å²) in [4.78, 5) is 22.3. The Morgan fingerprint density at radius 2 is 1.46 bits per heavy atom. The molecule has 0 bridgehead atoms. The van der Waals surface area contributed by atoms with Gasteiger partial charge >= 0.3 is 11.9 Å². The van der Waals surface area contributed by atoms with Gasteiger partial charge in [-0.1, -0.05) is 71.6 Å². The maximum Gasteiger partial charge on any atom is 0.306 e. The normalized spacial score (nSPS) is 17.6. The monoisotopic (exact) mass is 368 g/mol. The van der Waals surface area contributed by atoms with Gasteiger partial charge in [-0.3, -0.25) is 9.59 Å². The molecule has 2 atom stereocenters. The highest BCUT2D eigenvalue weighted by atomic mass is 16.4. The van der Waals surface area contributed by atoms with Gasteiger partial charge in [0.2, 0.25) is 0 Å². The van der Waals surface area contributed by atoms with Crippen molar-refractivity contribution in [3.05, 3.63) is 0 Å². The molecule has 0 aromatic heterocycles. The lowest BCUT2D eigenvalue weighted by molar-refractivity contribution is -0.144. The average molecular weight is 369 g/mol. The van der Waals surface area contributed by atoms with E-state index in [1.165, 1.54) is 44.9 Å². The highest BCUT2D eigenvalue weighted by Gasteiger charge is 2.50. The number of hydrogen-bond donors (Lipinski definition) is 2. The molecule has 4 heteroatoms. The topological polar surface area (TPSA) is 74.6 Å². The molecule has 0 aromatic carbocycles. The van der Waals surface area contributed by atoms with Gasteiger partial charge in [0, 0.05) is 6.42 Å². The van der Waals surface area contributed by atoms with Crippen LogP contribution in [0.4, 0.5) is 0 Å². The third kappa shape index (κ3) is 8.55. The second-order valence-corrected chi connectivity index (χ2v) is 8.46. The lowest BCUT2D eigenvalue weighted by Gasteiger charge is -2.30. The second kappa shape index (κ2) is 12.3. The van der Waals surface area contributed by atoms with E-state index in [1.807, 2.05) is 6.92 Å². The van der Waals surface area contributed by atoms with E-state index in [1.54, 1.807) is 0 Å². The maximum atomic E-state index is 11.6. The summed E-state index contributed by atoms with van der Waals surface area (Å²) in [5.74, 6) is -1.44. The van der Waals surface area contributed by atoms with Crippen molar-refractivity contribution in [3.8, 4) is 0 Å². The number of carbonyl (C=O) groups is 2. The molecule has 152 valence electrons.